The van der Waals surface area contributed by atoms with E-state index >= 15 is 0 Å². The molecule has 160 valence electrons. The Morgan fingerprint density at radius 1 is 0.969 bits per heavy atom. The van der Waals surface area contributed by atoms with Crippen molar-refractivity contribution in [2.45, 2.75) is 12.3 Å². The average Bonchev–Trinajstić information content (AvgIpc) is 2.82. The second-order valence-electron chi connectivity index (χ2n) is 7.39. The van der Waals surface area contributed by atoms with Gasteiger partial charge in [-0.15, -0.1) is 0 Å². The van der Waals surface area contributed by atoms with Crippen LogP contribution in [0.5, 0.6) is 0 Å². The maximum Gasteiger partial charge on any atom is 0.229 e. The zero-order chi connectivity index (χ0) is 22.3. The summed E-state index contributed by atoms with van der Waals surface area (Å²) in [5.74, 6) is -0.503. The van der Waals surface area contributed by atoms with Gasteiger partial charge < -0.3 is 11.1 Å². The van der Waals surface area contributed by atoms with Crippen molar-refractivity contribution in [3.63, 3.8) is 0 Å². The van der Waals surface area contributed by atoms with Crippen molar-refractivity contribution < 1.29 is 4.79 Å². The van der Waals surface area contributed by atoms with Gasteiger partial charge in [0.05, 0.1) is 11.6 Å². The highest BCUT2D eigenvalue weighted by atomic mass is 35.5. The Labute approximate surface area is 192 Å². The SMILES string of the molecule is NC(=O)C(c1cccnc1)c1ccc(-c2ccccc2)nc1NCCc1ccccc1Cl. The Balaban J connectivity index is 1.70. The molecule has 32 heavy (non-hydrogen) atoms. The van der Waals surface area contributed by atoms with Crippen LogP contribution in [-0.2, 0) is 11.2 Å². The van der Waals surface area contributed by atoms with E-state index in [0.29, 0.717) is 24.3 Å². The predicted molar refractivity (Wildman–Crippen MR) is 129 cm³/mol. The number of nitrogens with zero attached hydrogens (tertiary/aromatic N) is 2. The van der Waals surface area contributed by atoms with E-state index in [-0.39, 0.29) is 0 Å². The lowest BCUT2D eigenvalue weighted by atomic mass is 9.91. The first-order valence-electron chi connectivity index (χ1n) is 10.4. The third-order valence-corrected chi connectivity index (χ3v) is 5.62. The molecule has 0 spiro atoms. The summed E-state index contributed by atoms with van der Waals surface area (Å²) in [6, 6.07) is 25.1. The summed E-state index contributed by atoms with van der Waals surface area (Å²) in [5.41, 5.74) is 10.1. The molecule has 2 aromatic heterocycles. The minimum atomic E-state index is -0.663. The second-order valence-corrected chi connectivity index (χ2v) is 7.80. The molecule has 0 saturated carbocycles. The number of anilines is 1. The van der Waals surface area contributed by atoms with E-state index in [9.17, 15) is 4.79 Å². The number of primary amides is 1. The predicted octanol–water partition coefficient (Wildman–Crippen LogP) is 5.07. The monoisotopic (exact) mass is 442 g/mol. The van der Waals surface area contributed by atoms with Gasteiger partial charge in [-0.1, -0.05) is 72.3 Å². The molecule has 5 nitrogen and oxygen atoms in total. The van der Waals surface area contributed by atoms with Crippen molar-refractivity contribution in [2.24, 2.45) is 5.73 Å². The van der Waals surface area contributed by atoms with Gasteiger partial charge in [0, 0.05) is 35.1 Å². The maximum atomic E-state index is 12.5. The van der Waals surface area contributed by atoms with Gasteiger partial charge in [0.15, 0.2) is 0 Å². The number of nitrogens with two attached hydrogens (primary N) is 1. The minimum Gasteiger partial charge on any atom is -0.369 e. The molecule has 0 radical (unpaired) electrons. The molecule has 3 N–H and O–H groups in total. The Morgan fingerprint density at radius 2 is 1.75 bits per heavy atom. The van der Waals surface area contributed by atoms with Crippen LogP contribution in [0.25, 0.3) is 11.3 Å². The molecule has 2 aromatic carbocycles. The van der Waals surface area contributed by atoms with Crippen molar-refractivity contribution >= 4 is 23.3 Å². The Morgan fingerprint density at radius 3 is 2.47 bits per heavy atom. The molecule has 0 fully saturated rings. The molecule has 0 aliphatic heterocycles. The quantitative estimate of drug-likeness (QED) is 0.399. The molecule has 1 atom stereocenters. The average molecular weight is 443 g/mol. The van der Waals surface area contributed by atoms with Crippen molar-refractivity contribution in [3.8, 4) is 11.3 Å². The number of carbonyl (C=O) groups excluding carboxylic acids is 1. The summed E-state index contributed by atoms with van der Waals surface area (Å²) in [4.78, 5) is 21.5. The number of hydrogen-bond donors (Lipinski definition) is 2. The van der Waals surface area contributed by atoms with Crippen LogP contribution in [0, 0.1) is 0 Å². The van der Waals surface area contributed by atoms with Gasteiger partial charge in [-0.3, -0.25) is 9.78 Å². The molecule has 0 saturated heterocycles. The number of rotatable bonds is 8. The van der Waals surface area contributed by atoms with Crippen LogP contribution in [0.2, 0.25) is 5.02 Å². The summed E-state index contributed by atoms with van der Waals surface area (Å²) in [5, 5.41) is 4.13. The lowest BCUT2D eigenvalue weighted by Crippen LogP contribution is -2.24. The largest absolute Gasteiger partial charge is 0.369 e. The van der Waals surface area contributed by atoms with E-state index in [0.717, 1.165) is 27.4 Å². The van der Waals surface area contributed by atoms with Gasteiger partial charge in [-0.05, 0) is 35.7 Å². The summed E-state index contributed by atoms with van der Waals surface area (Å²) in [6.07, 6.45) is 4.04. The van der Waals surface area contributed by atoms with Gasteiger partial charge in [0.25, 0.3) is 0 Å². The number of aromatic nitrogens is 2. The molecule has 4 aromatic rings. The van der Waals surface area contributed by atoms with Gasteiger partial charge in [0.1, 0.15) is 5.82 Å². The van der Waals surface area contributed by atoms with Gasteiger partial charge in [-0.25, -0.2) is 4.98 Å². The molecule has 6 heteroatoms. The smallest absolute Gasteiger partial charge is 0.229 e. The number of nitrogens with one attached hydrogen (secondary N) is 1. The lowest BCUT2D eigenvalue weighted by Gasteiger charge is -2.19. The Bertz CT molecular complexity index is 1200. The summed E-state index contributed by atoms with van der Waals surface area (Å²) >= 11 is 6.30. The zero-order valence-corrected chi connectivity index (χ0v) is 18.2. The molecular formula is C26H23ClN4O. The van der Waals surface area contributed by atoms with Crippen LogP contribution < -0.4 is 11.1 Å². The van der Waals surface area contributed by atoms with E-state index in [1.165, 1.54) is 0 Å². The first-order valence-corrected chi connectivity index (χ1v) is 10.7. The number of hydrogen-bond acceptors (Lipinski definition) is 4. The third-order valence-electron chi connectivity index (χ3n) is 5.25. The van der Waals surface area contributed by atoms with Crippen LogP contribution in [0.1, 0.15) is 22.6 Å². The topological polar surface area (TPSA) is 80.9 Å². The van der Waals surface area contributed by atoms with Gasteiger partial charge in [0.2, 0.25) is 5.91 Å². The highest BCUT2D eigenvalue weighted by molar-refractivity contribution is 6.31. The highest BCUT2D eigenvalue weighted by Crippen LogP contribution is 2.31. The number of benzene rings is 2. The fraction of sp³-hybridized carbons (Fsp3) is 0.115. The normalized spacial score (nSPS) is 11.7. The van der Waals surface area contributed by atoms with Crippen molar-refractivity contribution in [1.82, 2.24) is 9.97 Å². The van der Waals surface area contributed by atoms with Crippen LogP contribution in [0.3, 0.4) is 0 Å². The van der Waals surface area contributed by atoms with Crippen molar-refractivity contribution in [3.05, 3.63) is 113 Å². The minimum absolute atomic E-state index is 0.457. The molecule has 1 amide bonds. The second kappa shape index (κ2) is 10.1. The first kappa shape index (κ1) is 21.5. The van der Waals surface area contributed by atoms with E-state index in [1.807, 2.05) is 72.8 Å². The van der Waals surface area contributed by atoms with E-state index in [1.54, 1.807) is 18.5 Å². The number of halogens is 1. The van der Waals surface area contributed by atoms with Gasteiger partial charge >= 0.3 is 0 Å². The third kappa shape index (κ3) is 4.95. The molecule has 4 rings (SSSR count). The lowest BCUT2D eigenvalue weighted by molar-refractivity contribution is -0.118. The van der Waals surface area contributed by atoms with E-state index in [2.05, 4.69) is 10.3 Å². The van der Waals surface area contributed by atoms with Crippen molar-refractivity contribution in [1.29, 1.82) is 0 Å². The zero-order valence-electron chi connectivity index (χ0n) is 17.4. The molecule has 2 heterocycles. The van der Waals surface area contributed by atoms with Crippen LogP contribution in [0.4, 0.5) is 5.82 Å². The standard InChI is InChI=1S/C26H23ClN4O/c27-22-11-5-4-7-18(22)14-16-30-26-21(24(25(28)32)20-10-6-15-29-17-20)12-13-23(31-26)19-8-2-1-3-9-19/h1-13,15,17,24H,14,16H2,(H2,28,32)(H,30,31). The Kier molecular flexibility index (Phi) is 6.78. The van der Waals surface area contributed by atoms with Gasteiger partial charge in [-0.2, -0.15) is 0 Å². The van der Waals surface area contributed by atoms with Crippen LogP contribution >= 0.6 is 11.6 Å². The summed E-state index contributed by atoms with van der Waals surface area (Å²) in [7, 11) is 0. The molecule has 0 bridgehead atoms. The molecular weight excluding hydrogens is 420 g/mol. The number of pyridine rings is 2. The number of amides is 1. The maximum absolute atomic E-state index is 12.5. The Hall–Kier alpha value is -3.70. The van der Waals surface area contributed by atoms with E-state index in [4.69, 9.17) is 22.3 Å². The first-order chi connectivity index (χ1) is 15.6. The van der Waals surface area contributed by atoms with Crippen molar-refractivity contribution in [2.75, 3.05) is 11.9 Å². The molecule has 0 aliphatic carbocycles. The highest BCUT2D eigenvalue weighted by Gasteiger charge is 2.24. The fourth-order valence-corrected chi connectivity index (χ4v) is 3.90. The molecule has 1 unspecified atom stereocenters. The summed E-state index contributed by atoms with van der Waals surface area (Å²) in [6.45, 7) is 0.598. The van der Waals surface area contributed by atoms with Crippen LogP contribution in [0.15, 0.2) is 91.3 Å². The number of carbonyl (C=O) groups is 1. The fourth-order valence-electron chi connectivity index (χ4n) is 3.67. The molecule has 0 aliphatic rings. The summed E-state index contributed by atoms with van der Waals surface area (Å²) < 4.78 is 0. The van der Waals surface area contributed by atoms with E-state index < -0.39 is 11.8 Å². The van der Waals surface area contributed by atoms with Crippen LogP contribution in [-0.4, -0.2) is 22.4 Å².